The summed E-state index contributed by atoms with van der Waals surface area (Å²) in [6.07, 6.45) is 9.85. The number of fused-ring (bicyclic) bond motifs is 5. The first kappa shape index (κ1) is 18.5. The summed E-state index contributed by atoms with van der Waals surface area (Å²) in [6.45, 7) is 4.55. The molecule has 4 nitrogen and oxygen atoms in total. The highest BCUT2D eigenvalue weighted by molar-refractivity contribution is 7.09. The van der Waals surface area contributed by atoms with Crippen LogP contribution in [0.3, 0.4) is 0 Å². The molecule has 0 bridgehead atoms. The summed E-state index contributed by atoms with van der Waals surface area (Å²) < 4.78 is 0. The second-order valence-electron chi connectivity index (χ2n) is 10.4. The van der Waals surface area contributed by atoms with Crippen LogP contribution < -0.4 is 0 Å². The summed E-state index contributed by atoms with van der Waals surface area (Å²) in [7, 11) is 0. The summed E-state index contributed by atoms with van der Waals surface area (Å²) in [5.41, 5.74) is -2.14. The Morgan fingerprint density at radius 1 is 1.00 bits per heavy atom. The predicted octanol–water partition coefficient (Wildman–Crippen LogP) is 3.85. The smallest absolute Gasteiger partial charge is 0.125 e. The molecule has 4 fully saturated rings. The number of thiazole rings is 1. The molecular weight excluding hydrogens is 358 g/mol. The van der Waals surface area contributed by atoms with Gasteiger partial charge < -0.3 is 15.3 Å². The van der Waals surface area contributed by atoms with Gasteiger partial charge in [0.25, 0.3) is 0 Å². The van der Waals surface area contributed by atoms with E-state index in [1.54, 1.807) is 6.20 Å². The Hall–Kier alpha value is -0.490. The molecule has 0 amide bonds. The van der Waals surface area contributed by atoms with E-state index in [9.17, 15) is 15.3 Å². The van der Waals surface area contributed by atoms with Crippen molar-refractivity contribution < 1.29 is 15.3 Å². The van der Waals surface area contributed by atoms with Crippen LogP contribution in [0, 0.1) is 28.6 Å². The number of aliphatic hydroxyl groups excluding tert-OH is 1. The number of hydrogen-bond acceptors (Lipinski definition) is 5. The minimum Gasteiger partial charge on any atom is -0.393 e. The number of rotatable bonds is 1. The summed E-state index contributed by atoms with van der Waals surface area (Å²) in [4.78, 5) is 4.46. The highest BCUT2D eigenvalue weighted by Gasteiger charge is 2.72. The Balaban J connectivity index is 1.52. The summed E-state index contributed by atoms with van der Waals surface area (Å²) in [5.74, 6) is 1.33. The Bertz CT molecular complexity index is 725. The molecule has 0 spiro atoms. The summed E-state index contributed by atoms with van der Waals surface area (Å²) in [5, 5.41) is 36.8. The third kappa shape index (κ3) is 2.18. The molecule has 0 aliphatic heterocycles. The molecule has 0 saturated heterocycles. The molecule has 0 radical (unpaired) electrons. The Morgan fingerprint density at radius 3 is 2.56 bits per heavy atom. The molecule has 3 N–H and O–H groups in total. The molecule has 1 aromatic heterocycles. The van der Waals surface area contributed by atoms with Crippen molar-refractivity contribution in [2.75, 3.05) is 0 Å². The molecule has 4 aliphatic carbocycles. The van der Waals surface area contributed by atoms with E-state index in [2.05, 4.69) is 18.8 Å². The molecule has 0 aromatic carbocycles. The molecule has 4 saturated carbocycles. The van der Waals surface area contributed by atoms with Crippen molar-refractivity contribution in [3.05, 3.63) is 16.6 Å². The van der Waals surface area contributed by atoms with E-state index < -0.39 is 16.6 Å². The van der Waals surface area contributed by atoms with Crippen molar-refractivity contribution in [1.29, 1.82) is 0 Å². The van der Waals surface area contributed by atoms with Gasteiger partial charge in [-0.05, 0) is 81.0 Å². The molecule has 1 heterocycles. The van der Waals surface area contributed by atoms with Gasteiger partial charge in [-0.3, -0.25) is 0 Å². The first-order valence-electron chi connectivity index (χ1n) is 10.8. The molecule has 27 heavy (non-hydrogen) atoms. The minimum absolute atomic E-state index is 0.141. The Kier molecular flexibility index (Phi) is 3.96. The zero-order valence-electron chi connectivity index (χ0n) is 16.5. The number of hydrogen-bond donors (Lipinski definition) is 3. The first-order valence-corrected chi connectivity index (χ1v) is 11.7. The third-order valence-electron chi connectivity index (χ3n) is 9.76. The van der Waals surface area contributed by atoms with Crippen LogP contribution in [0.4, 0.5) is 0 Å². The maximum Gasteiger partial charge on any atom is 0.125 e. The number of aliphatic hydroxyl groups is 3. The van der Waals surface area contributed by atoms with Crippen LogP contribution in [0.1, 0.15) is 76.6 Å². The standard InChI is InChI=1S/C22H33NO3S/c1-19-7-5-15(24)13-14(19)3-4-17-16(19)6-8-20(2)21(17,25)9-10-22(20,26)18-23-11-12-27-18/h11-12,14-17,24-26H,3-10,13H2,1-2H3/t14-,15-,16-,17+,19-,20-,21-,22-/m0/s1. The molecule has 5 heteroatoms. The van der Waals surface area contributed by atoms with Gasteiger partial charge in [0.05, 0.1) is 11.7 Å². The second-order valence-corrected chi connectivity index (χ2v) is 11.3. The molecule has 0 unspecified atom stereocenters. The van der Waals surface area contributed by atoms with E-state index in [1.807, 2.05) is 5.38 Å². The van der Waals surface area contributed by atoms with Crippen molar-refractivity contribution >= 4 is 11.3 Å². The lowest BCUT2D eigenvalue weighted by Crippen LogP contribution is -2.64. The quantitative estimate of drug-likeness (QED) is 0.680. The van der Waals surface area contributed by atoms with Crippen LogP contribution in [-0.2, 0) is 5.60 Å². The fourth-order valence-electron chi connectivity index (χ4n) is 7.99. The van der Waals surface area contributed by atoms with E-state index in [4.69, 9.17) is 0 Å². The van der Waals surface area contributed by atoms with Crippen molar-refractivity contribution in [2.24, 2.45) is 28.6 Å². The van der Waals surface area contributed by atoms with E-state index in [-0.39, 0.29) is 17.4 Å². The average molecular weight is 392 g/mol. The predicted molar refractivity (Wildman–Crippen MR) is 105 cm³/mol. The van der Waals surface area contributed by atoms with E-state index in [0.29, 0.717) is 24.7 Å². The monoisotopic (exact) mass is 391 g/mol. The van der Waals surface area contributed by atoms with E-state index in [0.717, 1.165) is 50.0 Å². The van der Waals surface area contributed by atoms with Crippen LogP contribution in [0.5, 0.6) is 0 Å². The number of aromatic nitrogens is 1. The minimum atomic E-state index is -1.01. The lowest BCUT2D eigenvalue weighted by molar-refractivity contribution is -0.238. The van der Waals surface area contributed by atoms with Gasteiger partial charge in [0.2, 0.25) is 0 Å². The zero-order chi connectivity index (χ0) is 19.1. The molecule has 150 valence electrons. The van der Waals surface area contributed by atoms with Crippen molar-refractivity contribution in [3.8, 4) is 0 Å². The largest absolute Gasteiger partial charge is 0.393 e. The van der Waals surface area contributed by atoms with Crippen LogP contribution in [-0.4, -0.2) is 32.0 Å². The topological polar surface area (TPSA) is 73.6 Å². The van der Waals surface area contributed by atoms with Gasteiger partial charge in [-0.25, -0.2) is 4.98 Å². The molecule has 5 rings (SSSR count). The first-order chi connectivity index (χ1) is 12.7. The van der Waals surface area contributed by atoms with Gasteiger partial charge in [-0.15, -0.1) is 11.3 Å². The highest BCUT2D eigenvalue weighted by Crippen LogP contribution is 2.71. The molecular formula is C22H33NO3S. The number of nitrogens with zero attached hydrogens (tertiary/aromatic N) is 1. The van der Waals surface area contributed by atoms with E-state index in [1.165, 1.54) is 11.3 Å². The Labute approximate surface area is 166 Å². The third-order valence-corrected chi connectivity index (χ3v) is 10.7. The second kappa shape index (κ2) is 5.78. The van der Waals surface area contributed by atoms with Gasteiger partial charge in [0, 0.05) is 17.0 Å². The fraction of sp³-hybridized carbons (Fsp3) is 0.864. The van der Waals surface area contributed by atoms with Gasteiger partial charge in [-0.2, -0.15) is 0 Å². The van der Waals surface area contributed by atoms with Crippen LogP contribution in [0.25, 0.3) is 0 Å². The zero-order valence-corrected chi connectivity index (χ0v) is 17.3. The van der Waals surface area contributed by atoms with Crippen molar-refractivity contribution in [3.63, 3.8) is 0 Å². The molecule has 1 aromatic rings. The van der Waals surface area contributed by atoms with Crippen LogP contribution >= 0.6 is 11.3 Å². The van der Waals surface area contributed by atoms with Crippen molar-refractivity contribution in [1.82, 2.24) is 4.98 Å². The normalized spacial score (nSPS) is 54.9. The molecule has 4 aliphatic rings. The van der Waals surface area contributed by atoms with Crippen molar-refractivity contribution in [2.45, 2.75) is 88.9 Å². The lowest BCUT2D eigenvalue weighted by Gasteiger charge is -2.64. The van der Waals surface area contributed by atoms with Gasteiger partial charge in [-0.1, -0.05) is 13.8 Å². The maximum absolute atomic E-state index is 12.1. The van der Waals surface area contributed by atoms with Gasteiger partial charge in [0.15, 0.2) is 0 Å². The van der Waals surface area contributed by atoms with Crippen LogP contribution in [0.2, 0.25) is 0 Å². The maximum atomic E-state index is 12.1. The van der Waals surface area contributed by atoms with E-state index >= 15 is 0 Å². The SMILES string of the molecule is C[C@]12CC[C@H](O)C[C@@H]1CC[C@@H]1[C@@H]2CC[C@]2(C)[C@@](O)(c3nccs3)CC[C@]12O. The highest BCUT2D eigenvalue weighted by atomic mass is 32.1. The average Bonchev–Trinajstić information content (AvgIpc) is 3.24. The molecule has 8 atom stereocenters. The lowest BCUT2D eigenvalue weighted by atomic mass is 9.43. The summed E-state index contributed by atoms with van der Waals surface area (Å²) >= 11 is 1.52. The Morgan fingerprint density at radius 2 is 1.81 bits per heavy atom. The fourth-order valence-corrected chi connectivity index (χ4v) is 8.89. The summed E-state index contributed by atoms with van der Waals surface area (Å²) in [6, 6.07) is 0. The van der Waals surface area contributed by atoms with Gasteiger partial charge in [0.1, 0.15) is 10.6 Å². The van der Waals surface area contributed by atoms with Gasteiger partial charge >= 0.3 is 0 Å². The van der Waals surface area contributed by atoms with Crippen LogP contribution in [0.15, 0.2) is 11.6 Å².